The minimum absolute atomic E-state index is 0.918. The maximum absolute atomic E-state index is 3.69. The molecule has 1 atom stereocenters. The number of rotatable bonds is 9. The van der Waals surface area contributed by atoms with Crippen molar-refractivity contribution in [3.63, 3.8) is 0 Å². The predicted molar refractivity (Wildman–Crippen MR) is 77.4 cm³/mol. The quantitative estimate of drug-likeness (QED) is 0.572. The third-order valence-electron chi connectivity index (χ3n) is 4.43. The van der Waals surface area contributed by atoms with E-state index in [1.54, 1.807) is 0 Å². The van der Waals surface area contributed by atoms with Gasteiger partial charge in [0.2, 0.25) is 0 Å². The number of hydrogen-bond donors (Lipinski definition) is 1. The maximum Gasteiger partial charge on any atom is -0.00206 e. The zero-order chi connectivity index (χ0) is 12.3. The van der Waals surface area contributed by atoms with Gasteiger partial charge >= 0.3 is 0 Å². The second kappa shape index (κ2) is 9.94. The van der Waals surface area contributed by atoms with E-state index in [-0.39, 0.29) is 0 Å². The van der Waals surface area contributed by atoms with E-state index in [0.717, 1.165) is 11.8 Å². The van der Waals surface area contributed by atoms with E-state index in [0.29, 0.717) is 0 Å². The van der Waals surface area contributed by atoms with Gasteiger partial charge < -0.3 is 5.32 Å². The molecule has 1 heteroatoms. The molecule has 0 radical (unpaired) electrons. The standard InChI is InChI=1S/C16H33N/c1-3-5-9-15(4-2)14-17-13-12-16-10-7-6-8-11-16/h15-17H,3-14H2,1-2H3. The van der Waals surface area contributed by atoms with Gasteiger partial charge in [0.15, 0.2) is 0 Å². The molecule has 0 amide bonds. The summed E-state index contributed by atoms with van der Waals surface area (Å²) in [6, 6.07) is 0. The molecule has 1 nitrogen and oxygen atoms in total. The van der Waals surface area contributed by atoms with Crippen LogP contribution in [0, 0.1) is 11.8 Å². The largest absolute Gasteiger partial charge is 0.316 e. The summed E-state index contributed by atoms with van der Waals surface area (Å²) in [6.07, 6.45) is 14.4. The molecule has 0 saturated heterocycles. The molecule has 1 fully saturated rings. The fraction of sp³-hybridized carbons (Fsp3) is 1.00. The van der Waals surface area contributed by atoms with Gasteiger partial charge in [-0.2, -0.15) is 0 Å². The highest BCUT2D eigenvalue weighted by molar-refractivity contribution is 4.68. The fourth-order valence-corrected chi connectivity index (χ4v) is 3.03. The molecule has 1 aliphatic carbocycles. The van der Waals surface area contributed by atoms with Gasteiger partial charge in [-0.3, -0.25) is 0 Å². The summed E-state index contributed by atoms with van der Waals surface area (Å²) in [5.41, 5.74) is 0. The fourth-order valence-electron chi connectivity index (χ4n) is 3.03. The SMILES string of the molecule is CCCCC(CC)CNCCC1CCCCC1. The Labute approximate surface area is 109 Å². The Kier molecular flexibility index (Phi) is 8.78. The van der Waals surface area contributed by atoms with Crippen molar-refractivity contribution in [1.29, 1.82) is 0 Å². The average Bonchev–Trinajstić information content (AvgIpc) is 2.39. The zero-order valence-corrected chi connectivity index (χ0v) is 12.1. The molecule has 17 heavy (non-hydrogen) atoms. The summed E-state index contributed by atoms with van der Waals surface area (Å²) in [6.45, 7) is 7.14. The predicted octanol–water partition coefficient (Wildman–Crippen LogP) is 4.76. The van der Waals surface area contributed by atoms with E-state index in [9.17, 15) is 0 Å². The molecule has 1 N–H and O–H groups in total. The van der Waals surface area contributed by atoms with E-state index in [1.807, 2.05) is 0 Å². The minimum atomic E-state index is 0.918. The highest BCUT2D eigenvalue weighted by atomic mass is 14.9. The molecule has 1 unspecified atom stereocenters. The van der Waals surface area contributed by atoms with Crippen LogP contribution < -0.4 is 5.32 Å². The summed E-state index contributed by atoms with van der Waals surface area (Å²) in [7, 11) is 0. The van der Waals surface area contributed by atoms with Crippen molar-refractivity contribution in [3.05, 3.63) is 0 Å². The maximum atomic E-state index is 3.69. The first kappa shape index (κ1) is 15.0. The molecule has 1 saturated carbocycles. The Morgan fingerprint density at radius 2 is 1.88 bits per heavy atom. The summed E-state index contributed by atoms with van der Waals surface area (Å²) < 4.78 is 0. The van der Waals surface area contributed by atoms with Crippen LogP contribution in [0.15, 0.2) is 0 Å². The van der Waals surface area contributed by atoms with Crippen molar-refractivity contribution in [1.82, 2.24) is 5.32 Å². The van der Waals surface area contributed by atoms with Gasteiger partial charge in [0.1, 0.15) is 0 Å². The van der Waals surface area contributed by atoms with Gasteiger partial charge in [-0.25, -0.2) is 0 Å². The Bertz CT molecular complexity index is 161. The van der Waals surface area contributed by atoms with Crippen molar-refractivity contribution in [3.8, 4) is 0 Å². The molecule has 0 aliphatic heterocycles. The van der Waals surface area contributed by atoms with Crippen molar-refractivity contribution >= 4 is 0 Å². The van der Waals surface area contributed by atoms with E-state index < -0.39 is 0 Å². The van der Waals surface area contributed by atoms with Crippen LogP contribution in [0.5, 0.6) is 0 Å². The van der Waals surface area contributed by atoms with Crippen molar-refractivity contribution in [2.24, 2.45) is 11.8 Å². The van der Waals surface area contributed by atoms with Crippen LogP contribution in [0.2, 0.25) is 0 Å². The lowest BCUT2D eigenvalue weighted by Crippen LogP contribution is -2.25. The molecule has 1 rings (SSSR count). The first-order valence-corrected chi connectivity index (χ1v) is 8.07. The summed E-state index contributed by atoms with van der Waals surface area (Å²) in [5.74, 6) is 1.95. The highest BCUT2D eigenvalue weighted by Gasteiger charge is 2.12. The molecular weight excluding hydrogens is 206 g/mol. The molecule has 0 aromatic heterocycles. The third kappa shape index (κ3) is 7.08. The second-order valence-electron chi connectivity index (χ2n) is 5.91. The normalized spacial score (nSPS) is 19.4. The molecule has 0 spiro atoms. The van der Waals surface area contributed by atoms with Gasteiger partial charge in [-0.05, 0) is 37.8 Å². The number of hydrogen-bond acceptors (Lipinski definition) is 1. The van der Waals surface area contributed by atoms with E-state index in [1.165, 1.54) is 77.3 Å². The lowest BCUT2D eigenvalue weighted by molar-refractivity contribution is 0.326. The van der Waals surface area contributed by atoms with Crippen molar-refractivity contribution < 1.29 is 0 Å². The lowest BCUT2D eigenvalue weighted by atomic mass is 9.87. The van der Waals surface area contributed by atoms with Gasteiger partial charge in [0.05, 0.1) is 0 Å². The van der Waals surface area contributed by atoms with Crippen LogP contribution >= 0.6 is 0 Å². The van der Waals surface area contributed by atoms with E-state index in [4.69, 9.17) is 0 Å². The smallest absolute Gasteiger partial charge is 0.00206 e. The Morgan fingerprint density at radius 1 is 1.12 bits per heavy atom. The van der Waals surface area contributed by atoms with E-state index >= 15 is 0 Å². The molecular formula is C16H33N. The lowest BCUT2D eigenvalue weighted by Gasteiger charge is -2.22. The van der Waals surface area contributed by atoms with Gasteiger partial charge in [-0.1, -0.05) is 65.2 Å². The second-order valence-corrected chi connectivity index (χ2v) is 5.91. The topological polar surface area (TPSA) is 12.0 Å². The zero-order valence-electron chi connectivity index (χ0n) is 12.1. The molecule has 0 aromatic rings. The monoisotopic (exact) mass is 239 g/mol. The van der Waals surface area contributed by atoms with Crippen LogP contribution in [0.25, 0.3) is 0 Å². The summed E-state index contributed by atoms with van der Waals surface area (Å²) >= 11 is 0. The summed E-state index contributed by atoms with van der Waals surface area (Å²) in [4.78, 5) is 0. The van der Waals surface area contributed by atoms with Crippen molar-refractivity contribution in [2.45, 2.75) is 78.1 Å². The first-order chi connectivity index (χ1) is 8.36. The van der Waals surface area contributed by atoms with Gasteiger partial charge in [0.25, 0.3) is 0 Å². The van der Waals surface area contributed by atoms with Crippen LogP contribution in [0.4, 0.5) is 0 Å². The van der Waals surface area contributed by atoms with Gasteiger partial charge in [0, 0.05) is 0 Å². The van der Waals surface area contributed by atoms with Crippen LogP contribution in [0.1, 0.15) is 78.1 Å². The highest BCUT2D eigenvalue weighted by Crippen LogP contribution is 2.25. The third-order valence-corrected chi connectivity index (χ3v) is 4.43. The minimum Gasteiger partial charge on any atom is -0.316 e. The molecule has 102 valence electrons. The molecule has 0 aromatic carbocycles. The number of nitrogens with one attached hydrogen (secondary N) is 1. The first-order valence-electron chi connectivity index (χ1n) is 8.07. The Morgan fingerprint density at radius 3 is 2.53 bits per heavy atom. The molecule has 0 bridgehead atoms. The Balaban J connectivity index is 1.97. The summed E-state index contributed by atoms with van der Waals surface area (Å²) in [5, 5.41) is 3.69. The average molecular weight is 239 g/mol. The van der Waals surface area contributed by atoms with E-state index in [2.05, 4.69) is 19.2 Å². The van der Waals surface area contributed by atoms with Crippen molar-refractivity contribution in [2.75, 3.05) is 13.1 Å². The van der Waals surface area contributed by atoms with Crippen LogP contribution in [-0.4, -0.2) is 13.1 Å². The molecule has 0 heterocycles. The van der Waals surface area contributed by atoms with Gasteiger partial charge in [-0.15, -0.1) is 0 Å². The van der Waals surface area contributed by atoms with Crippen LogP contribution in [0.3, 0.4) is 0 Å². The molecule has 1 aliphatic rings. The van der Waals surface area contributed by atoms with Crippen LogP contribution in [-0.2, 0) is 0 Å². The Hall–Kier alpha value is -0.0400. The number of unbranched alkanes of at least 4 members (excludes halogenated alkanes) is 1.